The summed E-state index contributed by atoms with van der Waals surface area (Å²) >= 11 is 0. The highest BCUT2D eigenvalue weighted by molar-refractivity contribution is 5.24. The first-order valence-corrected chi connectivity index (χ1v) is 7.93. The lowest BCUT2D eigenvalue weighted by molar-refractivity contribution is 0.539. The number of nitrogens with one attached hydrogen (secondary N) is 1. The molecule has 1 aromatic heterocycles. The number of hydrogen-bond acceptors (Lipinski definition) is 3. The smallest absolute Gasteiger partial charge is 0.146 e. The highest BCUT2D eigenvalue weighted by Gasteiger charge is 2.08. The van der Waals surface area contributed by atoms with Gasteiger partial charge in [0.25, 0.3) is 0 Å². The maximum Gasteiger partial charge on any atom is 0.146 e. The Morgan fingerprint density at radius 3 is 2.62 bits per heavy atom. The predicted octanol–water partition coefficient (Wildman–Crippen LogP) is 3.49. The minimum absolute atomic E-state index is 0.312. The number of unbranched alkanes of at least 4 members (excludes halogenated alkanes) is 1. The van der Waals surface area contributed by atoms with Crippen LogP contribution in [0.5, 0.6) is 0 Å². The van der Waals surface area contributed by atoms with Gasteiger partial charge in [0.05, 0.1) is 6.54 Å². The van der Waals surface area contributed by atoms with Gasteiger partial charge in [-0.3, -0.25) is 0 Å². The molecule has 0 aliphatic rings. The molecule has 0 radical (unpaired) electrons. The average Bonchev–Trinajstić information content (AvgIpc) is 2.98. The summed E-state index contributed by atoms with van der Waals surface area (Å²) in [5.41, 5.74) is 2.75. The van der Waals surface area contributed by atoms with Crippen LogP contribution in [-0.4, -0.2) is 14.8 Å². The summed E-state index contributed by atoms with van der Waals surface area (Å²) in [6.45, 7) is 8.17. The lowest BCUT2D eigenvalue weighted by atomic mass is 10.0. The van der Waals surface area contributed by atoms with E-state index in [0.717, 1.165) is 18.9 Å². The van der Waals surface area contributed by atoms with Crippen LogP contribution in [0.1, 0.15) is 56.6 Å². The van der Waals surface area contributed by atoms with E-state index in [1.165, 1.54) is 30.4 Å². The molecule has 0 saturated heterocycles. The van der Waals surface area contributed by atoms with Crippen LogP contribution in [0.2, 0.25) is 0 Å². The molecular formula is C17H26N4. The minimum Gasteiger partial charge on any atom is -0.317 e. The van der Waals surface area contributed by atoms with Gasteiger partial charge in [0.2, 0.25) is 0 Å². The summed E-state index contributed by atoms with van der Waals surface area (Å²) < 4.78 is 2.06. The van der Waals surface area contributed by atoms with Crippen LogP contribution in [0.3, 0.4) is 0 Å². The molecule has 1 heterocycles. The van der Waals surface area contributed by atoms with Gasteiger partial charge >= 0.3 is 0 Å². The zero-order chi connectivity index (χ0) is 15.1. The molecule has 114 valence electrons. The number of benzene rings is 1. The largest absolute Gasteiger partial charge is 0.317 e. The molecule has 2 aromatic rings. The van der Waals surface area contributed by atoms with Gasteiger partial charge in [0, 0.05) is 12.6 Å². The summed E-state index contributed by atoms with van der Waals surface area (Å²) in [6.07, 6.45) is 5.47. The molecule has 0 fully saturated rings. The third-order valence-electron chi connectivity index (χ3n) is 3.90. The number of aryl methyl sites for hydroxylation is 2. The molecule has 0 saturated carbocycles. The first-order valence-electron chi connectivity index (χ1n) is 7.93. The van der Waals surface area contributed by atoms with E-state index in [9.17, 15) is 0 Å². The maximum absolute atomic E-state index is 4.15. The first-order chi connectivity index (χ1) is 10.2. The Labute approximate surface area is 127 Å². The molecule has 2 rings (SSSR count). The van der Waals surface area contributed by atoms with Crippen molar-refractivity contribution in [1.82, 2.24) is 20.1 Å². The SMILES string of the molecule is CCCCc1ccc(C(C)NCc2nncn2CC)cc1. The molecule has 4 heteroatoms. The van der Waals surface area contributed by atoms with Crippen molar-refractivity contribution in [2.45, 2.75) is 59.2 Å². The van der Waals surface area contributed by atoms with E-state index in [0.29, 0.717) is 6.04 Å². The van der Waals surface area contributed by atoms with Crippen LogP contribution in [0.4, 0.5) is 0 Å². The summed E-state index contributed by atoms with van der Waals surface area (Å²) in [5, 5.41) is 11.6. The van der Waals surface area contributed by atoms with Crippen molar-refractivity contribution in [2.24, 2.45) is 0 Å². The van der Waals surface area contributed by atoms with Gasteiger partial charge in [0.1, 0.15) is 12.2 Å². The molecule has 1 atom stereocenters. The maximum atomic E-state index is 4.15. The van der Waals surface area contributed by atoms with E-state index >= 15 is 0 Å². The van der Waals surface area contributed by atoms with Gasteiger partial charge < -0.3 is 9.88 Å². The van der Waals surface area contributed by atoms with Crippen LogP contribution in [-0.2, 0) is 19.5 Å². The Morgan fingerprint density at radius 2 is 1.95 bits per heavy atom. The van der Waals surface area contributed by atoms with E-state index < -0.39 is 0 Å². The standard InChI is InChI=1S/C17H26N4/c1-4-6-7-15-8-10-16(11-9-15)14(3)18-12-17-20-19-13-21(17)5-2/h8-11,13-14,18H,4-7,12H2,1-3H3. The molecule has 0 amide bonds. The lowest BCUT2D eigenvalue weighted by Crippen LogP contribution is -2.20. The lowest BCUT2D eigenvalue weighted by Gasteiger charge is -2.14. The van der Waals surface area contributed by atoms with Crippen LogP contribution in [0.25, 0.3) is 0 Å². The predicted molar refractivity (Wildman–Crippen MR) is 86.0 cm³/mol. The van der Waals surface area contributed by atoms with E-state index in [1.807, 2.05) is 0 Å². The average molecular weight is 286 g/mol. The molecule has 1 aromatic carbocycles. The highest BCUT2D eigenvalue weighted by Crippen LogP contribution is 2.15. The third-order valence-corrected chi connectivity index (χ3v) is 3.90. The Hall–Kier alpha value is -1.68. The molecule has 1 unspecified atom stereocenters. The molecule has 4 nitrogen and oxygen atoms in total. The van der Waals surface area contributed by atoms with Crippen molar-refractivity contribution in [2.75, 3.05) is 0 Å². The fourth-order valence-corrected chi connectivity index (χ4v) is 2.40. The van der Waals surface area contributed by atoms with Gasteiger partial charge in [-0.2, -0.15) is 0 Å². The Bertz CT molecular complexity index is 530. The second-order valence-corrected chi connectivity index (χ2v) is 5.48. The summed E-state index contributed by atoms with van der Waals surface area (Å²) in [7, 11) is 0. The molecule has 1 N–H and O–H groups in total. The van der Waals surface area contributed by atoms with Gasteiger partial charge in [0.15, 0.2) is 0 Å². The van der Waals surface area contributed by atoms with Gasteiger partial charge in [-0.25, -0.2) is 0 Å². The Balaban J connectivity index is 1.89. The summed E-state index contributed by atoms with van der Waals surface area (Å²) in [4.78, 5) is 0. The molecular weight excluding hydrogens is 260 g/mol. The van der Waals surface area contributed by atoms with Crippen LogP contribution in [0, 0.1) is 0 Å². The second kappa shape index (κ2) is 7.93. The minimum atomic E-state index is 0.312. The second-order valence-electron chi connectivity index (χ2n) is 5.48. The number of nitrogens with zero attached hydrogens (tertiary/aromatic N) is 3. The zero-order valence-corrected chi connectivity index (χ0v) is 13.3. The van der Waals surface area contributed by atoms with Gasteiger partial charge in [-0.1, -0.05) is 37.6 Å². The van der Waals surface area contributed by atoms with E-state index in [-0.39, 0.29) is 0 Å². The van der Waals surface area contributed by atoms with Crippen molar-refractivity contribution in [3.8, 4) is 0 Å². The fourth-order valence-electron chi connectivity index (χ4n) is 2.40. The molecule has 0 spiro atoms. The van der Waals surface area contributed by atoms with Crippen molar-refractivity contribution in [3.05, 3.63) is 47.5 Å². The number of rotatable bonds is 8. The Morgan fingerprint density at radius 1 is 1.19 bits per heavy atom. The fraction of sp³-hybridized carbons (Fsp3) is 0.529. The van der Waals surface area contributed by atoms with Crippen molar-refractivity contribution >= 4 is 0 Å². The van der Waals surface area contributed by atoms with E-state index in [2.05, 4.69) is 65.1 Å². The van der Waals surface area contributed by atoms with Crippen molar-refractivity contribution in [1.29, 1.82) is 0 Å². The molecule has 0 bridgehead atoms. The van der Waals surface area contributed by atoms with E-state index in [1.54, 1.807) is 6.33 Å². The van der Waals surface area contributed by atoms with Gasteiger partial charge in [-0.05, 0) is 37.8 Å². The van der Waals surface area contributed by atoms with Crippen LogP contribution < -0.4 is 5.32 Å². The Kier molecular flexibility index (Phi) is 5.93. The van der Waals surface area contributed by atoms with E-state index in [4.69, 9.17) is 0 Å². The van der Waals surface area contributed by atoms with Crippen molar-refractivity contribution < 1.29 is 0 Å². The highest BCUT2D eigenvalue weighted by atomic mass is 15.3. The van der Waals surface area contributed by atoms with Crippen molar-refractivity contribution in [3.63, 3.8) is 0 Å². The number of hydrogen-bond donors (Lipinski definition) is 1. The third kappa shape index (κ3) is 4.39. The zero-order valence-electron chi connectivity index (χ0n) is 13.3. The van der Waals surface area contributed by atoms with Gasteiger partial charge in [-0.15, -0.1) is 10.2 Å². The van der Waals surface area contributed by atoms with Crippen LogP contribution in [0.15, 0.2) is 30.6 Å². The molecule has 0 aliphatic carbocycles. The number of aromatic nitrogens is 3. The quantitative estimate of drug-likeness (QED) is 0.807. The molecule has 21 heavy (non-hydrogen) atoms. The molecule has 0 aliphatic heterocycles. The summed E-state index contributed by atoms with van der Waals surface area (Å²) in [5.74, 6) is 0.990. The summed E-state index contributed by atoms with van der Waals surface area (Å²) in [6, 6.07) is 9.27. The topological polar surface area (TPSA) is 42.7 Å². The van der Waals surface area contributed by atoms with Crippen LogP contribution >= 0.6 is 0 Å². The first kappa shape index (κ1) is 15.7. The monoisotopic (exact) mass is 286 g/mol. The normalized spacial score (nSPS) is 12.5.